The molecule has 1 saturated heterocycles. The van der Waals surface area contributed by atoms with E-state index in [1.165, 1.54) is 17.8 Å². The molecule has 1 aromatic carbocycles. The number of piperidine rings is 1. The van der Waals surface area contributed by atoms with Crippen molar-refractivity contribution in [3.05, 3.63) is 65.1 Å². The second kappa shape index (κ2) is 12.7. The van der Waals surface area contributed by atoms with Gasteiger partial charge in [0.05, 0.1) is 23.9 Å². The lowest BCUT2D eigenvalue weighted by molar-refractivity contribution is -0.0815. The van der Waals surface area contributed by atoms with E-state index in [0.29, 0.717) is 34.1 Å². The van der Waals surface area contributed by atoms with Gasteiger partial charge in [-0.1, -0.05) is 23.7 Å². The number of rotatable bonds is 8. The van der Waals surface area contributed by atoms with Gasteiger partial charge in [0.25, 0.3) is 5.91 Å². The maximum absolute atomic E-state index is 13.7. The highest BCUT2D eigenvalue weighted by atomic mass is 35.5. The standard InChI is InChI=1S/C27H30ClN5O6/c1-4-37-27(36)39-17(2)38-26(35)23-21(16-31-32(23)3)18-9-11-19(12-10-18)25(34)33(20-7-5-13-29-15-20)24-22(28)8-6-14-30-24/h6,8-12,14,16-17,20,29H,4-5,7,13,15H2,1-3H3. The fourth-order valence-corrected chi connectivity index (χ4v) is 4.60. The van der Waals surface area contributed by atoms with Crippen molar-refractivity contribution < 1.29 is 28.6 Å². The summed E-state index contributed by atoms with van der Waals surface area (Å²) in [6, 6.07) is 10.2. The predicted octanol–water partition coefficient (Wildman–Crippen LogP) is 4.21. The number of hydrogen-bond acceptors (Lipinski definition) is 9. The van der Waals surface area contributed by atoms with Gasteiger partial charge in [-0.05, 0) is 56.1 Å². The summed E-state index contributed by atoms with van der Waals surface area (Å²) >= 11 is 6.44. The molecule has 1 amide bonds. The zero-order chi connectivity index (χ0) is 27.9. The van der Waals surface area contributed by atoms with Gasteiger partial charge in [-0.15, -0.1) is 0 Å². The fraction of sp³-hybridized carbons (Fsp3) is 0.370. The molecule has 4 rings (SSSR count). The van der Waals surface area contributed by atoms with Gasteiger partial charge in [0, 0.05) is 37.8 Å². The number of benzene rings is 1. The Kier molecular flexibility index (Phi) is 9.15. The van der Waals surface area contributed by atoms with Crippen LogP contribution in [0, 0.1) is 0 Å². The van der Waals surface area contributed by atoms with E-state index in [4.69, 9.17) is 25.8 Å². The minimum atomic E-state index is -1.17. The van der Waals surface area contributed by atoms with Gasteiger partial charge in [0.15, 0.2) is 11.5 Å². The van der Waals surface area contributed by atoms with Crippen LogP contribution in [-0.2, 0) is 21.3 Å². The lowest BCUT2D eigenvalue weighted by atomic mass is 10.0. The van der Waals surface area contributed by atoms with Crippen molar-refractivity contribution in [2.24, 2.45) is 7.05 Å². The molecule has 0 aliphatic carbocycles. The van der Waals surface area contributed by atoms with Crippen molar-refractivity contribution in [1.29, 1.82) is 0 Å². The molecule has 0 bridgehead atoms. The number of amides is 1. The SMILES string of the molecule is CCOC(=O)OC(C)OC(=O)c1c(-c2ccc(C(=O)N(c3ncccc3Cl)C3CCCNC3)cc2)cnn1C. The Labute approximate surface area is 231 Å². The minimum absolute atomic E-state index is 0.100. The Morgan fingerprint density at radius 1 is 1.21 bits per heavy atom. The number of nitrogens with zero attached hydrogens (tertiary/aromatic N) is 4. The van der Waals surface area contributed by atoms with Crippen LogP contribution in [0.3, 0.4) is 0 Å². The number of anilines is 1. The van der Waals surface area contributed by atoms with E-state index >= 15 is 0 Å². The van der Waals surface area contributed by atoms with Gasteiger partial charge < -0.3 is 19.5 Å². The van der Waals surface area contributed by atoms with Crippen LogP contribution in [0.1, 0.15) is 47.5 Å². The van der Waals surface area contributed by atoms with Crippen molar-refractivity contribution in [3.8, 4) is 11.1 Å². The van der Waals surface area contributed by atoms with Crippen LogP contribution < -0.4 is 10.2 Å². The second-order valence-corrected chi connectivity index (χ2v) is 9.27. The van der Waals surface area contributed by atoms with Gasteiger partial charge in [-0.25, -0.2) is 14.6 Å². The normalized spacial score (nSPS) is 15.7. The Bertz CT molecular complexity index is 1320. The van der Waals surface area contributed by atoms with E-state index in [-0.39, 0.29) is 24.2 Å². The summed E-state index contributed by atoms with van der Waals surface area (Å²) in [6.45, 7) is 4.71. The summed E-state index contributed by atoms with van der Waals surface area (Å²) in [7, 11) is 1.60. The molecule has 1 N–H and O–H groups in total. The number of ether oxygens (including phenoxy) is 3. The number of aromatic nitrogens is 3. The summed E-state index contributed by atoms with van der Waals surface area (Å²) in [5, 5.41) is 7.92. The smallest absolute Gasteiger partial charge is 0.435 e. The monoisotopic (exact) mass is 555 g/mol. The first-order chi connectivity index (χ1) is 18.8. The molecule has 0 spiro atoms. The molecule has 3 aromatic rings. The van der Waals surface area contributed by atoms with Crippen LogP contribution in [0.5, 0.6) is 0 Å². The molecular formula is C27H30ClN5O6. The topological polar surface area (TPSA) is 125 Å². The Hall–Kier alpha value is -3.96. The van der Waals surface area contributed by atoms with Gasteiger partial charge in [-0.3, -0.25) is 14.4 Å². The van der Waals surface area contributed by atoms with E-state index in [0.717, 1.165) is 19.4 Å². The zero-order valence-corrected chi connectivity index (χ0v) is 22.7. The number of aryl methyl sites for hydroxylation is 1. The largest absolute Gasteiger partial charge is 0.511 e. The number of nitrogens with one attached hydrogen (secondary N) is 1. The predicted molar refractivity (Wildman–Crippen MR) is 144 cm³/mol. The van der Waals surface area contributed by atoms with E-state index in [1.54, 1.807) is 61.5 Å². The third kappa shape index (κ3) is 6.55. The maximum atomic E-state index is 13.7. The minimum Gasteiger partial charge on any atom is -0.435 e. The summed E-state index contributed by atoms with van der Waals surface area (Å²) in [4.78, 5) is 44.2. The highest BCUT2D eigenvalue weighted by Gasteiger charge is 2.30. The number of pyridine rings is 1. The van der Waals surface area contributed by atoms with E-state index in [9.17, 15) is 14.4 Å². The highest BCUT2D eigenvalue weighted by Crippen LogP contribution is 2.30. The summed E-state index contributed by atoms with van der Waals surface area (Å²) in [5.74, 6) is -0.548. The lowest BCUT2D eigenvalue weighted by Gasteiger charge is -2.34. The van der Waals surface area contributed by atoms with Gasteiger partial charge in [0.2, 0.25) is 6.29 Å². The third-order valence-electron chi connectivity index (χ3n) is 6.19. The molecule has 0 saturated carbocycles. The second-order valence-electron chi connectivity index (χ2n) is 8.87. The average molecular weight is 556 g/mol. The van der Waals surface area contributed by atoms with Crippen molar-refractivity contribution >= 4 is 35.5 Å². The zero-order valence-electron chi connectivity index (χ0n) is 21.9. The molecule has 206 valence electrons. The molecule has 2 atom stereocenters. The number of halogens is 1. The number of carbonyl (C=O) groups is 3. The van der Waals surface area contributed by atoms with E-state index in [1.807, 2.05) is 0 Å². The first-order valence-corrected chi connectivity index (χ1v) is 13.0. The fourth-order valence-electron chi connectivity index (χ4n) is 4.38. The summed E-state index contributed by atoms with van der Waals surface area (Å²) in [6.07, 6.45) is 2.79. The Morgan fingerprint density at radius 3 is 2.64 bits per heavy atom. The van der Waals surface area contributed by atoms with Crippen LogP contribution >= 0.6 is 11.6 Å². The van der Waals surface area contributed by atoms with Gasteiger partial charge in [0.1, 0.15) is 0 Å². The van der Waals surface area contributed by atoms with E-state index < -0.39 is 18.4 Å². The molecule has 0 radical (unpaired) electrons. The van der Waals surface area contributed by atoms with Crippen molar-refractivity contribution in [2.45, 2.75) is 39.0 Å². The first-order valence-electron chi connectivity index (χ1n) is 12.6. The van der Waals surface area contributed by atoms with E-state index in [2.05, 4.69) is 15.4 Å². The molecule has 2 aromatic heterocycles. The molecule has 3 heterocycles. The van der Waals surface area contributed by atoms with Crippen LogP contribution in [0.15, 0.2) is 48.8 Å². The molecule has 11 nitrogen and oxygen atoms in total. The first kappa shape index (κ1) is 28.1. The van der Waals surface area contributed by atoms with Crippen LogP contribution in [0.25, 0.3) is 11.1 Å². The van der Waals surface area contributed by atoms with Crippen molar-refractivity contribution in [2.75, 3.05) is 24.6 Å². The molecule has 2 unspecified atom stereocenters. The number of hydrogen-bond donors (Lipinski definition) is 1. The molecule has 1 fully saturated rings. The lowest BCUT2D eigenvalue weighted by Crippen LogP contribution is -2.49. The van der Waals surface area contributed by atoms with Crippen LogP contribution in [0.4, 0.5) is 10.6 Å². The summed E-state index contributed by atoms with van der Waals surface area (Å²) in [5.41, 5.74) is 1.73. The molecule has 12 heteroatoms. The van der Waals surface area contributed by atoms with Gasteiger partial charge >= 0.3 is 12.1 Å². The summed E-state index contributed by atoms with van der Waals surface area (Å²) < 4.78 is 16.3. The highest BCUT2D eigenvalue weighted by molar-refractivity contribution is 6.33. The van der Waals surface area contributed by atoms with Crippen molar-refractivity contribution in [3.63, 3.8) is 0 Å². The third-order valence-corrected chi connectivity index (χ3v) is 6.49. The average Bonchev–Trinajstić information content (AvgIpc) is 3.32. The van der Waals surface area contributed by atoms with Crippen LogP contribution in [-0.4, -0.2) is 64.8 Å². The number of esters is 1. The molecule has 1 aliphatic heterocycles. The van der Waals surface area contributed by atoms with Gasteiger partial charge in [-0.2, -0.15) is 5.10 Å². The van der Waals surface area contributed by atoms with Crippen LogP contribution in [0.2, 0.25) is 5.02 Å². The molecular weight excluding hydrogens is 526 g/mol. The Morgan fingerprint density at radius 2 is 1.97 bits per heavy atom. The molecule has 39 heavy (non-hydrogen) atoms. The maximum Gasteiger partial charge on any atom is 0.511 e. The number of carbonyl (C=O) groups excluding carboxylic acids is 3. The Balaban J connectivity index is 1.56. The quantitative estimate of drug-likeness (QED) is 0.321. The van der Waals surface area contributed by atoms with Crippen molar-refractivity contribution in [1.82, 2.24) is 20.1 Å². The molecule has 1 aliphatic rings.